The summed E-state index contributed by atoms with van der Waals surface area (Å²) in [6, 6.07) is 20.5. The molecule has 0 radical (unpaired) electrons. The highest BCUT2D eigenvalue weighted by Gasteiger charge is 2.31. The van der Waals surface area contributed by atoms with Gasteiger partial charge in [0.2, 0.25) is 0 Å². The van der Waals surface area contributed by atoms with Crippen LogP contribution in [0.15, 0.2) is 70.9 Å². The third kappa shape index (κ3) is 5.38. The number of azo groups is 1. The van der Waals surface area contributed by atoms with Crippen molar-refractivity contribution in [2.24, 2.45) is 10.2 Å². The number of benzene rings is 2. The lowest BCUT2D eigenvalue weighted by atomic mass is 10.0. The van der Waals surface area contributed by atoms with Gasteiger partial charge in [-0.1, -0.05) is 55.5 Å². The summed E-state index contributed by atoms with van der Waals surface area (Å²) in [6.07, 6.45) is 0.892. The number of para-hydroxylation sites is 1. The molecule has 0 heterocycles. The van der Waals surface area contributed by atoms with E-state index >= 15 is 0 Å². The lowest BCUT2D eigenvalue weighted by Gasteiger charge is -2.27. The first-order valence-corrected chi connectivity index (χ1v) is 9.44. The summed E-state index contributed by atoms with van der Waals surface area (Å²) in [5, 5.41) is 9.16. The van der Waals surface area contributed by atoms with Gasteiger partial charge in [0, 0.05) is 5.75 Å². The molecule has 0 fully saturated rings. The van der Waals surface area contributed by atoms with Crippen LogP contribution in [-0.2, 0) is 4.87 Å². The molecule has 2 aromatic carbocycles. The number of ether oxygens (including phenoxy) is 1. The minimum Gasteiger partial charge on any atom is -0.493 e. The highest BCUT2D eigenvalue weighted by atomic mass is 32.2. The van der Waals surface area contributed by atoms with E-state index in [1.165, 1.54) is 5.56 Å². The molecular weight excluding hydrogens is 316 g/mol. The first-order chi connectivity index (χ1) is 11.7. The fourth-order valence-electron chi connectivity index (χ4n) is 2.34. The lowest BCUT2D eigenvalue weighted by Crippen LogP contribution is -2.20. The molecule has 1 atom stereocenters. The van der Waals surface area contributed by atoms with Crippen molar-refractivity contribution in [3.05, 3.63) is 66.2 Å². The van der Waals surface area contributed by atoms with Gasteiger partial charge in [-0.15, -0.1) is 11.8 Å². The summed E-state index contributed by atoms with van der Waals surface area (Å²) in [4.78, 5) is -0.342. The van der Waals surface area contributed by atoms with Gasteiger partial charge < -0.3 is 4.74 Å². The zero-order valence-electron chi connectivity index (χ0n) is 14.7. The number of hydrogen-bond donors (Lipinski definition) is 0. The monoisotopic (exact) mass is 342 g/mol. The van der Waals surface area contributed by atoms with Crippen molar-refractivity contribution in [3.63, 3.8) is 0 Å². The average molecular weight is 343 g/mol. The van der Waals surface area contributed by atoms with Crippen LogP contribution in [0.4, 0.5) is 0 Å². The molecule has 1 unspecified atom stereocenters. The number of thioether (sulfide) groups is 1. The average Bonchev–Trinajstić information content (AvgIpc) is 2.63. The van der Waals surface area contributed by atoms with E-state index < -0.39 is 0 Å². The summed E-state index contributed by atoms with van der Waals surface area (Å²) in [6.45, 7) is 6.92. The molecule has 128 valence electrons. The van der Waals surface area contributed by atoms with Crippen LogP contribution < -0.4 is 4.74 Å². The molecular formula is C20H26N2OS. The zero-order chi connectivity index (χ0) is 17.3. The van der Waals surface area contributed by atoms with Crippen molar-refractivity contribution in [1.82, 2.24) is 0 Å². The number of nitrogens with zero attached hydrogens (tertiary/aromatic N) is 2. The van der Waals surface area contributed by atoms with E-state index in [-0.39, 0.29) is 10.9 Å². The van der Waals surface area contributed by atoms with Gasteiger partial charge in [-0.05, 0) is 38.0 Å². The van der Waals surface area contributed by atoms with E-state index in [1.807, 2.05) is 36.4 Å². The second kappa shape index (κ2) is 9.48. The maximum absolute atomic E-state index is 5.81. The first kappa shape index (κ1) is 18.5. The Balaban J connectivity index is 2.05. The molecule has 3 nitrogen and oxygen atoms in total. The van der Waals surface area contributed by atoms with Gasteiger partial charge in [0.15, 0.2) is 4.87 Å². The molecule has 0 spiro atoms. The summed E-state index contributed by atoms with van der Waals surface area (Å²) in [7, 11) is 0. The van der Waals surface area contributed by atoms with Crippen LogP contribution in [-0.4, -0.2) is 18.4 Å². The highest BCUT2D eigenvalue weighted by Crippen LogP contribution is 2.41. The molecule has 0 aliphatic rings. The third-order valence-electron chi connectivity index (χ3n) is 3.59. The topological polar surface area (TPSA) is 34.0 Å². The minimum absolute atomic E-state index is 0.195. The fraction of sp³-hybridized carbons (Fsp3) is 0.400. The normalized spacial score (nSPS) is 14.0. The maximum atomic E-state index is 5.81. The molecule has 24 heavy (non-hydrogen) atoms. The SMILES string of the molecule is CCC(N=NC(C)C)(SCCOc1ccccc1)c1ccccc1. The van der Waals surface area contributed by atoms with Crippen molar-refractivity contribution in [2.75, 3.05) is 12.4 Å². The molecule has 0 aliphatic carbocycles. The largest absolute Gasteiger partial charge is 0.493 e. The van der Waals surface area contributed by atoms with Gasteiger partial charge >= 0.3 is 0 Å². The smallest absolute Gasteiger partial charge is 0.151 e. The fourth-order valence-corrected chi connectivity index (χ4v) is 3.46. The molecule has 0 aromatic heterocycles. The van der Waals surface area contributed by atoms with Gasteiger partial charge in [-0.3, -0.25) is 0 Å². The highest BCUT2D eigenvalue weighted by molar-refractivity contribution is 8.00. The Labute approximate surface area is 149 Å². The Bertz CT molecular complexity index is 616. The maximum Gasteiger partial charge on any atom is 0.151 e. The van der Waals surface area contributed by atoms with E-state index in [9.17, 15) is 0 Å². The van der Waals surface area contributed by atoms with E-state index in [1.54, 1.807) is 11.8 Å². The predicted molar refractivity (Wildman–Crippen MR) is 103 cm³/mol. The third-order valence-corrected chi connectivity index (χ3v) is 5.04. The van der Waals surface area contributed by atoms with E-state index in [0.29, 0.717) is 6.61 Å². The van der Waals surface area contributed by atoms with Crippen LogP contribution in [0, 0.1) is 0 Å². The molecule has 0 N–H and O–H groups in total. The first-order valence-electron chi connectivity index (χ1n) is 8.45. The Morgan fingerprint density at radius 2 is 1.62 bits per heavy atom. The Morgan fingerprint density at radius 1 is 1.00 bits per heavy atom. The minimum atomic E-state index is -0.342. The standard InChI is InChI=1S/C20H26N2OS/c1-4-20(22-21-17(2)3,18-11-7-5-8-12-18)24-16-15-23-19-13-9-6-10-14-19/h5-14,17H,4,15-16H2,1-3H3. The molecule has 0 amide bonds. The zero-order valence-corrected chi connectivity index (χ0v) is 15.5. The summed E-state index contributed by atoms with van der Waals surface area (Å²) >= 11 is 1.80. The summed E-state index contributed by atoms with van der Waals surface area (Å²) < 4.78 is 5.81. The van der Waals surface area contributed by atoms with Gasteiger partial charge in [-0.2, -0.15) is 10.2 Å². The van der Waals surface area contributed by atoms with Gasteiger partial charge in [0.05, 0.1) is 12.6 Å². The molecule has 2 aromatic rings. The van der Waals surface area contributed by atoms with Crippen molar-refractivity contribution < 1.29 is 4.74 Å². The summed E-state index contributed by atoms with van der Waals surface area (Å²) in [5.41, 5.74) is 1.20. The van der Waals surface area contributed by atoms with Crippen molar-refractivity contribution >= 4 is 11.8 Å². The van der Waals surface area contributed by atoms with Crippen molar-refractivity contribution in [1.29, 1.82) is 0 Å². The molecule has 0 aliphatic heterocycles. The molecule has 4 heteroatoms. The number of rotatable bonds is 9. The molecule has 0 saturated heterocycles. The Morgan fingerprint density at radius 3 is 2.21 bits per heavy atom. The van der Waals surface area contributed by atoms with Crippen LogP contribution >= 0.6 is 11.8 Å². The van der Waals surface area contributed by atoms with Crippen molar-refractivity contribution in [3.8, 4) is 5.75 Å². The lowest BCUT2D eigenvalue weighted by molar-refractivity contribution is 0.343. The van der Waals surface area contributed by atoms with Crippen LogP contribution in [0.5, 0.6) is 5.75 Å². The van der Waals surface area contributed by atoms with E-state index in [4.69, 9.17) is 9.85 Å². The van der Waals surface area contributed by atoms with Gasteiger partial charge in [0.25, 0.3) is 0 Å². The van der Waals surface area contributed by atoms with Gasteiger partial charge in [-0.25, -0.2) is 0 Å². The Kier molecular flexibility index (Phi) is 7.32. The second-order valence-electron chi connectivity index (χ2n) is 5.82. The predicted octanol–water partition coefficient (Wildman–Crippen LogP) is 5.92. The molecule has 2 rings (SSSR count). The van der Waals surface area contributed by atoms with Crippen LogP contribution in [0.2, 0.25) is 0 Å². The second-order valence-corrected chi connectivity index (χ2v) is 7.20. The van der Waals surface area contributed by atoms with Crippen LogP contribution in [0.25, 0.3) is 0 Å². The van der Waals surface area contributed by atoms with Crippen LogP contribution in [0.1, 0.15) is 32.8 Å². The van der Waals surface area contributed by atoms with Gasteiger partial charge in [0.1, 0.15) is 5.75 Å². The molecule has 0 bridgehead atoms. The van der Waals surface area contributed by atoms with Crippen LogP contribution in [0.3, 0.4) is 0 Å². The molecule has 0 saturated carbocycles. The Hall–Kier alpha value is -1.81. The number of hydrogen-bond acceptors (Lipinski definition) is 4. The van der Waals surface area contributed by atoms with E-state index in [2.05, 4.69) is 50.2 Å². The van der Waals surface area contributed by atoms with E-state index in [0.717, 1.165) is 17.9 Å². The quantitative estimate of drug-likeness (QED) is 0.418. The van der Waals surface area contributed by atoms with Crippen molar-refractivity contribution in [2.45, 2.75) is 38.1 Å². The summed E-state index contributed by atoms with van der Waals surface area (Å²) in [5.74, 6) is 1.76.